The van der Waals surface area contributed by atoms with Crippen LogP contribution in [0.15, 0.2) is 34.9 Å². The minimum atomic E-state index is -0.553. The number of ether oxygens (including phenoxy) is 1. The molecule has 0 unspecified atom stereocenters. The maximum absolute atomic E-state index is 9.59. The Balaban J connectivity index is 2.08. The highest BCUT2D eigenvalue weighted by molar-refractivity contribution is 5.34. The molecule has 4 heteroatoms. The normalized spacial score (nSPS) is 12.4. The number of rotatable bonds is 4. The smallest absolute Gasteiger partial charge is 0.174 e. The van der Waals surface area contributed by atoms with E-state index >= 15 is 0 Å². The molecule has 2 rings (SSSR count). The van der Waals surface area contributed by atoms with Gasteiger partial charge in [-0.05, 0) is 19.9 Å². The minimum Gasteiger partial charge on any atom is -0.485 e. The molecular formula is C13H15NO3. The zero-order chi connectivity index (χ0) is 12.3. The third kappa shape index (κ3) is 2.85. The van der Waals surface area contributed by atoms with Gasteiger partial charge in [-0.3, -0.25) is 0 Å². The molecule has 1 atom stereocenters. The van der Waals surface area contributed by atoms with Crippen LogP contribution in [0.3, 0.4) is 0 Å². The Kier molecular flexibility index (Phi) is 3.44. The lowest BCUT2D eigenvalue weighted by Crippen LogP contribution is -2.00. The van der Waals surface area contributed by atoms with E-state index in [1.165, 1.54) is 0 Å². The van der Waals surface area contributed by atoms with Crippen molar-refractivity contribution < 1.29 is 14.4 Å². The van der Waals surface area contributed by atoms with Gasteiger partial charge < -0.3 is 14.4 Å². The lowest BCUT2D eigenvalue weighted by Gasteiger charge is -2.11. The van der Waals surface area contributed by atoms with Crippen LogP contribution in [-0.4, -0.2) is 10.3 Å². The van der Waals surface area contributed by atoms with E-state index in [2.05, 4.69) is 5.16 Å². The van der Waals surface area contributed by atoms with E-state index in [0.717, 1.165) is 11.3 Å². The molecule has 0 spiro atoms. The topological polar surface area (TPSA) is 55.5 Å². The molecule has 0 aliphatic carbocycles. The number of nitrogens with zero attached hydrogens (tertiary/aromatic N) is 1. The van der Waals surface area contributed by atoms with Crippen LogP contribution in [0.1, 0.15) is 30.0 Å². The highest BCUT2D eigenvalue weighted by atomic mass is 16.5. The van der Waals surface area contributed by atoms with E-state index in [1.807, 2.05) is 37.3 Å². The summed E-state index contributed by atoms with van der Waals surface area (Å²) in [5.41, 5.74) is 1.59. The summed E-state index contributed by atoms with van der Waals surface area (Å²) in [5.74, 6) is 1.33. The summed E-state index contributed by atoms with van der Waals surface area (Å²) in [7, 11) is 0. The molecule has 0 fully saturated rings. The second-order valence-corrected chi connectivity index (χ2v) is 3.94. The molecule has 2 aromatic rings. The quantitative estimate of drug-likeness (QED) is 0.881. The van der Waals surface area contributed by atoms with E-state index in [4.69, 9.17) is 9.26 Å². The Morgan fingerprint density at radius 1 is 1.41 bits per heavy atom. The molecule has 0 saturated carbocycles. The number of benzene rings is 1. The molecule has 1 aromatic heterocycles. The first kappa shape index (κ1) is 11.7. The Bertz CT molecular complexity index is 491. The Morgan fingerprint density at radius 2 is 2.18 bits per heavy atom. The number of hydrogen-bond acceptors (Lipinski definition) is 4. The zero-order valence-corrected chi connectivity index (χ0v) is 9.88. The predicted molar refractivity (Wildman–Crippen MR) is 62.6 cm³/mol. The Labute approximate surface area is 99.8 Å². The molecule has 0 aliphatic rings. The fourth-order valence-corrected chi connectivity index (χ4v) is 1.59. The van der Waals surface area contributed by atoms with Gasteiger partial charge in [0.05, 0.1) is 11.8 Å². The molecule has 90 valence electrons. The van der Waals surface area contributed by atoms with Crippen molar-refractivity contribution in [3.8, 4) is 5.75 Å². The largest absolute Gasteiger partial charge is 0.485 e. The molecule has 0 amide bonds. The summed E-state index contributed by atoms with van der Waals surface area (Å²) in [6.45, 7) is 3.88. The predicted octanol–water partition coefficient (Wildman–Crippen LogP) is 2.62. The molecular weight excluding hydrogens is 218 g/mol. The molecule has 17 heavy (non-hydrogen) atoms. The first-order valence-corrected chi connectivity index (χ1v) is 5.49. The Hall–Kier alpha value is -1.81. The molecule has 4 nitrogen and oxygen atoms in total. The molecule has 1 aromatic carbocycles. The third-order valence-electron chi connectivity index (χ3n) is 2.42. The number of para-hydroxylation sites is 1. The summed E-state index contributed by atoms with van der Waals surface area (Å²) >= 11 is 0. The first-order chi connectivity index (χ1) is 8.16. The zero-order valence-electron chi connectivity index (χ0n) is 9.88. The van der Waals surface area contributed by atoms with Crippen LogP contribution in [0.25, 0.3) is 0 Å². The SMILES string of the molecule is Cc1cc(COc2ccccc2[C@@H](C)O)on1. The number of aliphatic hydroxyl groups excluding tert-OH is 1. The average molecular weight is 233 g/mol. The minimum absolute atomic E-state index is 0.310. The van der Waals surface area contributed by atoms with Crippen molar-refractivity contribution in [2.45, 2.75) is 26.6 Å². The van der Waals surface area contributed by atoms with E-state index in [0.29, 0.717) is 18.1 Å². The summed E-state index contributed by atoms with van der Waals surface area (Å²) in [6, 6.07) is 9.22. The number of hydrogen-bond donors (Lipinski definition) is 1. The molecule has 0 saturated heterocycles. The lowest BCUT2D eigenvalue weighted by atomic mass is 10.1. The van der Waals surface area contributed by atoms with E-state index in [1.54, 1.807) is 6.92 Å². The first-order valence-electron chi connectivity index (χ1n) is 5.49. The fourth-order valence-electron chi connectivity index (χ4n) is 1.59. The average Bonchev–Trinajstić information content (AvgIpc) is 2.73. The van der Waals surface area contributed by atoms with Crippen LogP contribution in [-0.2, 0) is 6.61 Å². The fraction of sp³-hybridized carbons (Fsp3) is 0.308. The number of aliphatic hydroxyl groups is 1. The van der Waals surface area contributed by atoms with Gasteiger partial charge in [-0.15, -0.1) is 0 Å². The van der Waals surface area contributed by atoms with Crippen LogP contribution in [0.4, 0.5) is 0 Å². The van der Waals surface area contributed by atoms with Gasteiger partial charge in [-0.2, -0.15) is 0 Å². The lowest BCUT2D eigenvalue weighted by molar-refractivity contribution is 0.186. The van der Waals surface area contributed by atoms with Crippen molar-refractivity contribution in [3.63, 3.8) is 0 Å². The summed E-state index contributed by atoms with van der Waals surface area (Å²) in [4.78, 5) is 0. The van der Waals surface area contributed by atoms with Crippen LogP contribution in [0, 0.1) is 6.92 Å². The van der Waals surface area contributed by atoms with E-state index in [9.17, 15) is 5.11 Å². The van der Waals surface area contributed by atoms with Gasteiger partial charge in [-0.1, -0.05) is 23.4 Å². The molecule has 1 N–H and O–H groups in total. The molecule has 0 bridgehead atoms. The molecule has 0 radical (unpaired) electrons. The van der Waals surface area contributed by atoms with Gasteiger partial charge in [0, 0.05) is 11.6 Å². The molecule has 0 aliphatic heterocycles. The van der Waals surface area contributed by atoms with Crippen molar-refractivity contribution in [2.24, 2.45) is 0 Å². The highest BCUT2D eigenvalue weighted by Crippen LogP contribution is 2.25. The van der Waals surface area contributed by atoms with Gasteiger partial charge in [0.25, 0.3) is 0 Å². The highest BCUT2D eigenvalue weighted by Gasteiger charge is 2.09. The van der Waals surface area contributed by atoms with Crippen molar-refractivity contribution in [3.05, 3.63) is 47.3 Å². The number of aromatic nitrogens is 1. The van der Waals surface area contributed by atoms with E-state index in [-0.39, 0.29) is 0 Å². The Morgan fingerprint density at radius 3 is 2.82 bits per heavy atom. The van der Waals surface area contributed by atoms with Crippen LogP contribution >= 0.6 is 0 Å². The second kappa shape index (κ2) is 5.01. The van der Waals surface area contributed by atoms with Crippen molar-refractivity contribution >= 4 is 0 Å². The van der Waals surface area contributed by atoms with Gasteiger partial charge in [0.15, 0.2) is 5.76 Å². The third-order valence-corrected chi connectivity index (χ3v) is 2.42. The number of aryl methyl sites for hydroxylation is 1. The van der Waals surface area contributed by atoms with Crippen LogP contribution in [0.2, 0.25) is 0 Å². The van der Waals surface area contributed by atoms with Crippen LogP contribution in [0.5, 0.6) is 5.75 Å². The van der Waals surface area contributed by atoms with Crippen molar-refractivity contribution in [1.82, 2.24) is 5.16 Å². The summed E-state index contributed by atoms with van der Waals surface area (Å²) in [6.07, 6.45) is -0.553. The standard InChI is InChI=1S/C13H15NO3/c1-9-7-11(17-14-9)8-16-13-6-4-3-5-12(13)10(2)15/h3-7,10,15H,8H2,1-2H3/t10-/m1/s1. The summed E-state index contributed by atoms with van der Waals surface area (Å²) in [5, 5.41) is 13.4. The molecule has 1 heterocycles. The van der Waals surface area contributed by atoms with E-state index < -0.39 is 6.10 Å². The monoisotopic (exact) mass is 233 g/mol. The van der Waals surface area contributed by atoms with Gasteiger partial charge >= 0.3 is 0 Å². The van der Waals surface area contributed by atoms with Gasteiger partial charge in [0.1, 0.15) is 12.4 Å². The van der Waals surface area contributed by atoms with Crippen molar-refractivity contribution in [2.75, 3.05) is 0 Å². The van der Waals surface area contributed by atoms with Gasteiger partial charge in [-0.25, -0.2) is 0 Å². The summed E-state index contributed by atoms with van der Waals surface area (Å²) < 4.78 is 10.7. The maximum atomic E-state index is 9.59. The second-order valence-electron chi connectivity index (χ2n) is 3.94. The van der Waals surface area contributed by atoms with Crippen molar-refractivity contribution in [1.29, 1.82) is 0 Å². The van der Waals surface area contributed by atoms with Gasteiger partial charge in [0.2, 0.25) is 0 Å². The van der Waals surface area contributed by atoms with Crippen LogP contribution < -0.4 is 4.74 Å². The maximum Gasteiger partial charge on any atom is 0.174 e.